The van der Waals surface area contributed by atoms with Gasteiger partial charge in [-0.25, -0.2) is 8.42 Å². The lowest BCUT2D eigenvalue weighted by molar-refractivity contribution is -0.119. The minimum absolute atomic E-state index is 0.179. The van der Waals surface area contributed by atoms with Crippen LogP contribution in [0.5, 0.6) is 0 Å². The molecule has 1 saturated heterocycles. The highest BCUT2D eigenvalue weighted by Crippen LogP contribution is 2.18. The summed E-state index contributed by atoms with van der Waals surface area (Å²) in [5, 5.41) is 0. The van der Waals surface area contributed by atoms with Crippen molar-refractivity contribution >= 4 is 15.9 Å². The fourth-order valence-electron chi connectivity index (χ4n) is 2.43. The fraction of sp³-hybridized carbons (Fsp3) is 0.500. The number of carbonyl (C=O) groups is 1. The molecule has 7 heteroatoms. The molecule has 6 nitrogen and oxygen atoms in total. The molecular weight excluding hydrogens is 290 g/mol. The van der Waals surface area contributed by atoms with E-state index in [-0.39, 0.29) is 12.5 Å². The van der Waals surface area contributed by atoms with Gasteiger partial charge in [-0.1, -0.05) is 17.7 Å². The quantitative estimate of drug-likeness (QED) is 0.859. The monoisotopic (exact) mass is 311 g/mol. The number of benzene rings is 1. The predicted octanol–water partition coefficient (Wildman–Crippen LogP) is 0.177. The number of aryl methyl sites for hydroxylation is 1. The van der Waals surface area contributed by atoms with Crippen molar-refractivity contribution < 1.29 is 13.2 Å². The van der Waals surface area contributed by atoms with Crippen LogP contribution in [0, 0.1) is 6.92 Å². The summed E-state index contributed by atoms with van der Waals surface area (Å²) in [6, 6.07) is 6.86. The van der Waals surface area contributed by atoms with Gasteiger partial charge >= 0.3 is 0 Å². The zero-order valence-electron chi connectivity index (χ0n) is 12.2. The van der Waals surface area contributed by atoms with Gasteiger partial charge in [-0.05, 0) is 32.0 Å². The van der Waals surface area contributed by atoms with Gasteiger partial charge in [0.05, 0.1) is 11.4 Å². The molecule has 1 fully saturated rings. The molecule has 1 aromatic carbocycles. The molecule has 0 aliphatic carbocycles. The maximum Gasteiger partial charge on any atom is 0.243 e. The van der Waals surface area contributed by atoms with Crippen molar-refractivity contribution in [2.75, 3.05) is 32.7 Å². The highest BCUT2D eigenvalue weighted by molar-refractivity contribution is 7.89. The molecule has 2 N–H and O–H groups in total. The molecular formula is C14H21N3O3S. The van der Waals surface area contributed by atoms with Crippen LogP contribution in [-0.2, 0) is 14.8 Å². The van der Waals surface area contributed by atoms with Crippen molar-refractivity contribution in [3.05, 3.63) is 29.8 Å². The van der Waals surface area contributed by atoms with Crippen LogP contribution in [0.1, 0.15) is 12.0 Å². The molecule has 0 bridgehead atoms. The molecule has 0 aromatic heterocycles. The lowest BCUT2D eigenvalue weighted by Gasteiger charge is -2.21. The molecule has 2 rings (SSSR count). The molecule has 21 heavy (non-hydrogen) atoms. The summed E-state index contributed by atoms with van der Waals surface area (Å²) in [6.45, 7) is 4.15. The zero-order valence-corrected chi connectivity index (χ0v) is 13.0. The van der Waals surface area contributed by atoms with Crippen molar-refractivity contribution in [3.8, 4) is 0 Å². The first-order valence-electron chi connectivity index (χ1n) is 6.97. The van der Waals surface area contributed by atoms with Crippen LogP contribution < -0.4 is 5.73 Å². The minimum atomic E-state index is -3.46. The number of nitrogens with two attached hydrogens (primary N) is 1. The van der Waals surface area contributed by atoms with Gasteiger partial charge in [0.25, 0.3) is 0 Å². The summed E-state index contributed by atoms with van der Waals surface area (Å²) in [5.74, 6) is -0.384. The second-order valence-electron chi connectivity index (χ2n) is 5.31. The highest BCUT2D eigenvalue weighted by atomic mass is 32.2. The molecule has 0 unspecified atom stereocenters. The second-order valence-corrected chi connectivity index (χ2v) is 7.25. The second kappa shape index (κ2) is 6.55. The van der Waals surface area contributed by atoms with E-state index in [2.05, 4.69) is 0 Å². The Labute approximate surface area is 125 Å². The van der Waals surface area contributed by atoms with Crippen LogP contribution >= 0.6 is 0 Å². The fourth-order valence-corrected chi connectivity index (χ4v) is 3.90. The largest absolute Gasteiger partial charge is 0.369 e. The SMILES string of the molecule is Cc1ccc(S(=O)(=O)N2CCCN(CC(N)=O)CC2)cc1. The molecule has 1 aliphatic heterocycles. The van der Waals surface area contributed by atoms with Gasteiger partial charge in [0.2, 0.25) is 15.9 Å². The Hall–Kier alpha value is -1.44. The standard InChI is InChI=1S/C14H21N3O3S/c1-12-3-5-13(6-4-12)21(19,20)17-8-2-7-16(9-10-17)11-14(15)18/h3-6H,2,7-11H2,1H3,(H2,15,18). The van der Waals surface area contributed by atoms with Crippen LogP contribution in [0.2, 0.25) is 0 Å². The first kappa shape index (κ1) is 15.9. The van der Waals surface area contributed by atoms with E-state index in [1.54, 1.807) is 24.3 Å². The average Bonchev–Trinajstić information content (AvgIpc) is 2.64. The van der Waals surface area contributed by atoms with E-state index >= 15 is 0 Å². The van der Waals surface area contributed by atoms with Crippen LogP contribution in [0.15, 0.2) is 29.2 Å². The van der Waals surface area contributed by atoms with Crippen LogP contribution in [0.3, 0.4) is 0 Å². The number of hydrogen-bond donors (Lipinski definition) is 1. The Balaban J connectivity index is 2.10. The van der Waals surface area contributed by atoms with Crippen LogP contribution in [0.25, 0.3) is 0 Å². The molecule has 0 atom stereocenters. The maximum atomic E-state index is 12.6. The van der Waals surface area contributed by atoms with E-state index in [0.717, 1.165) is 5.56 Å². The number of carbonyl (C=O) groups excluding carboxylic acids is 1. The van der Waals surface area contributed by atoms with Gasteiger partial charge in [-0.3, -0.25) is 9.69 Å². The van der Waals surface area contributed by atoms with Crippen LogP contribution in [0.4, 0.5) is 0 Å². The lowest BCUT2D eigenvalue weighted by Crippen LogP contribution is -2.38. The van der Waals surface area contributed by atoms with Gasteiger partial charge in [-0.15, -0.1) is 0 Å². The molecule has 0 spiro atoms. The van der Waals surface area contributed by atoms with Gasteiger partial charge in [0.15, 0.2) is 0 Å². The Bertz CT molecular complexity index is 598. The van der Waals surface area contributed by atoms with Gasteiger partial charge in [-0.2, -0.15) is 4.31 Å². The third-order valence-corrected chi connectivity index (χ3v) is 5.50. The Morgan fingerprint density at radius 2 is 1.81 bits per heavy atom. The smallest absolute Gasteiger partial charge is 0.243 e. The third-order valence-electron chi connectivity index (χ3n) is 3.59. The van der Waals surface area contributed by atoms with Crippen molar-refractivity contribution in [1.29, 1.82) is 0 Å². The number of primary amides is 1. The Kier molecular flexibility index (Phi) is 4.97. The molecule has 1 aromatic rings. The number of hydrogen-bond acceptors (Lipinski definition) is 4. The van der Waals surface area contributed by atoms with E-state index in [0.29, 0.717) is 37.5 Å². The summed E-state index contributed by atoms with van der Waals surface area (Å²) >= 11 is 0. The summed E-state index contributed by atoms with van der Waals surface area (Å²) < 4.78 is 26.7. The maximum absolute atomic E-state index is 12.6. The number of amides is 1. The minimum Gasteiger partial charge on any atom is -0.369 e. The van der Waals surface area contributed by atoms with E-state index in [4.69, 9.17) is 5.73 Å². The normalized spacial score (nSPS) is 18.3. The summed E-state index contributed by atoms with van der Waals surface area (Å²) in [4.78, 5) is 13.2. The molecule has 1 amide bonds. The molecule has 0 saturated carbocycles. The number of rotatable bonds is 4. The third kappa shape index (κ3) is 4.03. The molecule has 1 heterocycles. The van der Waals surface area contributed by atoms with E-state index < -0.39 is 10.0 Å². The van der Waals surface area contributed by atoms with Gasteiger partial charge < -0.3 is 5.73 Å². The van der Waals surface area contributed by atoms with Crippen molar-refractivity contribution in [3.63, 3.8) is 0 Å². The van der Waals surface area contributed by atoms with Crippen molar-refractivity contribution in [1.82, 2.24) is 9.21 Å². The van der Waals surface area contributed by atoms with Crippen molar-refractivity contribution in [2.24, 2.45) is 5.73 Å². The summed E-state index contributed by atoms with van der Waals surface area (Å²) in [7, 11) is -3.46. The zero-order chi connectivity index (χ0) is 15.5. The highest BCUT2D eigenvalue weighted by Gasteiger charge is 2.26. The van der Waals surface area contributed by atoms with Crippen molar-refractivity contribution in [2.45, 2.75) is 18.2 Å². The predicted molar refractivity (Wildman–Crippen MR) is 80.2 cm³/mol. The molecule has 116 valence electrons. The number of sulfonamides is 1. The van der Waals surface area contributed by atoms with Gasteiger partial charge in [0, 0.05) is 19.6 Å². The van der Waals surface area contributed by atoms with Gasteiger partial charge in [0.1, 0.15) is 0 Å². The number of nitrogens with zero attached hydrogens (tertiary/aromatic N) is 2. The summed E-state index contributed by atoms with van der Waals surface area (Å²) in [5.41, 5.74) is 6.21. The van der Waals surface area contributed by atoms with E-state index in [1.807, 2.05) is 11.8 Å². The molecule has 1 aliphatic rings. The van der Waals surface area contributed by atoms with E-state index in [9.17, 15) is 13.2 Å². The first-order valence-corrected chi connectivity index (χ1v) is 8.41. The van der Waals surface area contributed by atoms with E-state index in [1.165, 1.54) is 4.31 Å². The Morgan fingerprint density at radius 1 is 1.14 bits per heavy atom. The average molecular weight is 311 g/mol. The lowest BCUT2D eigenvalue weighted by atomic mass is 10.2. The first-order chi connectivity index (χ1) is 9.89. The molecule has 0 radical (unpaired) electrons. The van der Waals surface area contributed by atoms with Crippen LogP contribution in [-0.4, -0.2) is 56.3 Å². The Morgan fingerprint density at radius 3 is 2.43 bits per heavy atom. The summed E-state index contributed by atoms with van der Waals surface area (Å²) in [6.07, 6.45) is 0.693. The topological polar surface area (TPSA) is 83.7 Å².